The van der Waals surface area contributed by atoms with Gasteiger partial charge < -0.3 is 15.0 Å². The molecule has 0 radical (unpaired) electrons. The summed E-state index contributed by atoms with van der Waals surface area (Å²) in [6.45, 7) is 6.77. The molecule has 2 heterocycles. The predicted octanol–water partition coefficient (Wildman–Crippen LogP) is 0.321. The van der Waals surface area contributed by atoms with Crippen molar-refractivity contribution in [1.82, 2.24) is 9.47 Å². The van der Waals surface area contributed by atoms with Gasteiger partial charge >= 0.3 is 0 Å². The molecular weight excluding hydrogens is 202 g/mol. The molecule has 1 fully saturated rings. The topological polar surface area (TPSA) is 43.4 Å². The van der Waals surface area contributed by atoms with Gasteiger partial charge in [0.25, 0.3) is 0 Å². The van der Waals surface area contributed by atoms with Crippen molar-refractivity contribution in [2.24, 2.45) is 5.73 Å². The zero-order valence-electron chi connectivity index (χ0n) is 9.77. The first-order valence-electron chi connectivity index (χ1n) is 6.04. The van der Waals surface area contributed by atoms with Gasteiger partial charge in [-0.05, 0) is 25.1 Å². The van der Waals surface area contributed by atoms with Crippen molar-refractivity contribution in [3.63, 3.8) is 0 Å². The molecule has 0 atom stereocenters. The van der Waals surface area contributed by atoms with Crippen molar-refractivity contribution in [3.05, 3.63) is 24.0 Å². The number of ether oxygens (including phenoxy) is 1. The van der Waals surface area contributed by atoms with Gasteiger partial charge in [0.1, 0.15) is 0 Å². The molecule has 1 aromatic heterocycles. The first kappa shape index (κ1) is 11.6. The molecule has 1 aliphatic heterocycles. The Kier molecular flexibility index (Phi) is 4.39. The second kappa shape index (κ2) is 6.03. The number of morpholine rings is 1. The lowest BCUT2D eigenvalue weighted by molar-refractivity contribution is 0.0363. The Morgan fingerprint density at radius 2 is 2.06 bits per heavy atom. The highest BCUT2D eigenvalue weighted by Crippen LogP contribution is 2.04. The predicted molar refractivity (Wildman–Crippen MR) is 64.4 cm³/mol. The lowest BCUT2D eigenvalue weighted by Gasteiger charge is -2.26. The van der Waals surface area contributed by atoms with E-state index in [0.29, 0.717) is 0 Å². The number of hydrogen-bond acceptors (Lipinski definition) is 3. The van der Waals surface area contributed by atoms with Crippen LogP contribution in [0.5, 0.6) is 0 Å². The normalized spacial score (nSPS) is 17.8. The van der Waals surface area contributed by atoms with Gasteiger partial charge in [0.2, 0.25) is 0 Å². The van der Waals surface area contributed by atoms with Crippen LogP contribution >= 0.6 is 0 Å². The molecule has 0 aliphatic carbocycles. The van der Waals surface area contributed by atoms with Crippen molar-refractivity contribution in [3.8, 4) is 0 Å². The summed E-state index contributed by atoms with van der Waals surface area (Å²) < 4.78 is 7.64. The largest absolute Gasteiger partial charge is 0.379 e. The molecular formula is C12H21N3O. The van der Waals surface area contributed by atoms with Gasteiger partial charge in [-0.25, -0.2) is 0 Å². The molecule has 2 rings (SSSR count). The number of nitrogens with zero attached hydrogens (tertiary/aromatic N) is 2. The maximum Gasteiger partial charge on any atom is 0.0594 e. The third kappa shape index (κ3) is 3.07. The highest BCUT2D eigenvalue weighted by atomic mass is 16.5. The molecule has 2 N–H and O–H groups in total. The van der Waals surface area contributed by atoms with Crippen LogP contribution in [0, 0.1) is 0 Å². The van der Waals surface area contributed by atoms with Gasteiger partial charge in [-0.1, -0.05) is 0 Å². The average Bonchev–Trinajstić information content (AvgIpc) is 2.76. The van der Waals surface area contributed by atoms with Crippen LogP contribution in [0.3, 0.4) is 0 Å². The first-order chi connectivity index (χ1) is 7.90. The second-order valence-electron chi connectivity index (χ2n) is 4.19. The van der Waals surface area contributed by atoms with E-state index in [1.807, 2.05) is 0 Å². The SMILES string of the molecule is NCCc1cccn1CCN1CCOCC1. The average molecular weight is 223 g/mol. The molecule has 0 aromatic carbocycles. The highest BCUT2D eigenvalue weighted by molar-refractivity contribution is 5.07. The molecule has 0 bridgehead atoms. The Bertz CT molecular complexity index is 305. The minimum atomic E-state index is 0.724. The van der Waals surface area contributed by atoms with E-state index >= 15 is 0 Å². The maximum atomic E-state index is 5.59. The van der Waals surface area contributed by atoms with Crippen LogP contribution in [-0.2, 0) is 17.7 Å². The van der Waals surface area contributed by atoms with Crippen molar-refractivity contribution in [1.29, 1.82) is 0 Å². The van der Waals surface area contributed by atoms with Crippen LogP contribution in [0.15, 0.2) is 18.3 Å². The summed E-state index contributed by atoms with van der Waals surface area (Å²) in [5, 5.41) is 0. The molecule has 1 aromatic rings. The summed E-state index contributed by atoms with van der Waals surface area (Å²) in [4.78, 5) is 2.45. The van der Waals surface area contributed by atoms with Gasteiger partial charge in [0, 0.05) is 38.1 Å². The molecule has 4 nitrogen and oxygen atoms in total. The van der Waals surface area contributed by atoms with Crippen LogP contribution in [-0.4, -0.2) is 48.9 Å². The van der Waals surface area contributed by atoms with Gasteiger partial charge in [-0.15, -0.1) is 0 Å². The fourth-order valence-corrected chi connectivity index (χ4v) is 2.12. The van der Waals surface area contributed by atoms with Crippen molar-refractivity contribution in [2.75, 3.05) is 39.4 Å². The highest BCUT2D eigenvalue weighted by Gasteiger charge is 2.10. The van der Waals surface area contributed by atoms with Crippen LogP contribution < -0.4 is 5.73 Å². The van der Waals surface area contributed by atoms with E-state index < -0.39 is 0 Å². The molecule has 1 saturated heterocycles. The molecule has 0 unspecified atom stereocenters. The summed E-state index contributed by atoms with van der Waals surface area (Å²) in [5.41, 5.74) is 6.93. The van der Waals surface area contributed by atoms with E-state index in [0.717, 1.165) is 52.4 Å². The van der Waals surface area contributed by atoms with Gasteiger partial charge in [0.05, 0.1) is 13.2 Å². The molecule has 0 saturated carbocycles. The Hall–Kier alpha value is -0.840. The third-order valence-corrected chi connectivity index (χ3v) is 3.08. The van der Waals surface area contributed by atoms with Gasteiger partial charge in [0.15, 0.2) is 0 Å². The number of nitrogens with two attached hydrogens (primary N) is 1. The minimum absolute atomic E-state index is 0.724. The van der Waals surface area contributed by atoms with Crippen LogP contribution in [0.4, 0.5) is 0 Å². The van der Waals surface area contributed by atoms with Crippen LogP contribution in [0.25, 0.3) is 0 Å². The maximum absolute atomic E-state index is 5.59. The quantitative estimate of drug-likeness (QED) is 0.782. The zero-order chi connectivity index (χ0) is 11.2. The second-order valence-corrected chi connectivity index (χ2v) is 4.19. The molecule has 4 heteroatoms. The third-order valence-electron chi connectivity index (χ3n) is 3.08. The monoisotopic (exact) mass is 223 g/mol. The first-order valence-corrected chi connectivity index (χ1v) is 6.04. The Morgan fingerprint density at radius 3 is 2.81 bits per heavy atom. The Balaban J connectivity index is 1.81. The molecule has 1 aliphatic rings. The molecule has 16 heavy (non-hydrogen) atoms. The fourth-order valence-electron chi connectivity index (χ4n) is 2.12. The standard InChI is InChI=1S/C12H21N3O/c13-4-3-12-2-1-5-15(12)7-6-14-8-10-16-11-9-14/h1-2,5H,3-4,6-11,13H2. The van der Waals surface area contributed by atoms with E-state index in [2.05, 4.69) is 27.8 Å². The number of aromatic nitrogens is 1. The van der Waals surface area contributed by atoms with Crippen molar-refractivity contribution < 1.29 is 4.74 Å². The van der Waals surface area contributed by atoms with E-state index in [1.54, 1.807) is 0 Å². The smallest absolute Gasteiger partial charge is 0.0594 e. The van der Waals surface area contributed by atoms with E-state index in [-0.39, 0.29) is 0 Å². The molecule has 90 valence electrons. The summed E-state index contributed by atoms with van der Waals surface area (Å²) in [6.07, 6.45) is 3.11. The van der Waals surface area contributed by atoms with Gasteiger partial charge in [-0.2, -0.15) is 0 Å². The summed E-state index contributed by atoms with van der Waals surface area (Å²) in [5.74, 6) is 0. The molecule has 0 spiro atoms. The summed E-state index contributed by atoms with van der Waals surface area (Å²) >= 11 is 0. The van der Waals surface area contributed by atoms with Crippen molar-refractivity contribution in [2.45, 2.75) is 13.0 Å². The van der Waals surface area contributed by atoms with Gasteiger partial charge in [-0.3, -0.25) is 4.90 Å². The zero-order valence-corrected chi connectivity index (χ0v) is 9.77. The van der Waals surface area contributed by atoms with Crippen molar-refractivity contribution >= 4 is 0 Å². The lowest BCUT2D eigenvalue weighted by atomic mass is 10.3. The molecule has 0 amide bonds. The fraction of sp³-hybridized carbons (Fsp3) is 0.667. The summed E-state index contributed by atoms with van der Waals surface area (Å²) in [7, 11) is 0. The lowest BCUT2D eigenvalue weighted by Crippen LogP contribution is -2.38. The minimum Gasteiger partial charge on any atom is -0.379 e. The van der Waals surface area contributed by atoms with E-state index in [1.165, 1.54) is 5.69 Å². The summed E-state index contributed by atoms with van der Waals surface area (Å²) in [6, 6.07) is 4.26. The number of hydrogen-bond donors (Lipinski definition) is 1. The van der Waals surface area contributed by atoms with Crippen LogP contribution in [0.2, 0.25) is 0 Å². The van der Waals surface area contributed by atoms with E-state index in [9.17, 15) is 0 Å². The van der Waals surface area contributed by atoms with E-state index in [4.69, 9.17) is 10.5 Å². The number of rotatable bonds is 5. The van der Waals surface area contributed by atoms with Crippen LogP contribution in [0.1, 0.15) is 5.69 Å². The Labute approximate surface area is 97.0 Å². The Morgan fingerprint density at radius 1 is 1.25 bits per heavy atom.